The van der Waals surface area contributed by atoms with Crippen LogP contribution < -0.4 is 5.73 Å². The fourth-order valence-electron chi connectivity index (χ4n) is 0.293. The minimum Gasteiger partial charge on any atom is -0.480 e. The summed E-state index contributed by atoms with van der Waals surface area (Å²) in [5.74, 6) is -2.81. The normalized spacial score (nSPS) is 9.00. The molecule has 9 heavy (non-hydrogen) atoms. The summed E-state index contributed by atoms with van der Waals surface area (Å²) in [6, 6.07) is 0. The van der Waals surface area contributed by atoms with Crippen LogP contribution in [0.2, 0.25) is 0 Å². The zero-order valence-electron chi connectivity index (χ0n) is 4.63. The lowest BCUT2D eigenvalue weighted by molar-refractivity contribution is -0.136. The summed E-state index contributed by atoms with van der Waals surface area (Å²) in [6.07, 6.45) is 0.907. The number of hydrogen-bond donors (Lipinski definition) is 2. The lowest BCUT2D eigenvalue weighted by atomic mass is 10.1. The predicted molar refractivity (Wildman–Crippen MR) is 30.3 cm³/mol. The number of amides is 1. The van der Waals surface area contributed by atoms with Gasteiger partial charge in [0.2, 0.25) is 5.91 Å². The smallest absolute Gasteiger partial charge is 0.325 e. The van der Waals surface area contributed by atoms with Crippen LogP contribution in [-0.4, -0.2) is 17.0 Å². The van der Waals surface area contributed by atoms with Crippen LogP contribution in [0.15, 0.2) is 12.7 Å². The van der Waals surface area contributed by atoms with Crippen molar-refractivity contribution in [2.24, 2.45) is 5.73 Å². The molecule has 0 aliphatic heterocycles. The first-order valence-corrected chi connectivity index (χ1v) is 2.12. The van der Waals surface area contributed by atoms with Crippen molar-refractivity contribution in [1.29, 1.82) is 0 Å². The number of nitrogens with two attached hydrogens (primary N) is 1. The van der Waals surface area contributed by atoms with Crippen molar-refractivity contribution in [3.63, 3.8) is 0 Å². The van der Waals surface area contributed by atoms with E-state index in [4.69, 9.17) is 5.11 Å². The Labute approximate surface area is 52.0 Å². The van der Waals surface area contributed by atoms with E-state index in [0.29, 0.717) is 0 Å². The molecule has 0 rings (SSSR count). The van der Waals surface area contributed by atoms with Crippen LogP contribution in [-0.2, 0) is 9.59 Å². The van der Waals surface area contributed by atoms with Gasteiger partial charge in [0, 0.05) is 0 Å². The second kappa shape index (κ2) is 2.86. The van der Waals surface area contributed by atoms with E-state index >= 15 is 0 Å². The van der Waals surface area contributed by atoms with Gasteiger partial charge in [-0.2, -0.15) is 0 Å². The molecule has 4 heteroatoms. The average Bonchev–Trinajstić information content (AvgIpc) is 1.64. The second-order valence-corrected chi connectivity index (χ2v) is 1.29. The Kier molecular flexibility index (Phi) is 2.44. The molecule has 0 spiro atoms. The molecule has 4 nitrogen and oxygen atoms in total. The molecule has 0 aliphatic carbocycles. The zero-order chi connectivity index (χ0) is 7.44. The molecule has 0 heterocycles. The van der Waals surface area contributed by atoms with Gasteiger partial charge in [0.15, 0.2) is 5.92 Å². The van der Waals surface area contributed by atoms with Gasteiger partial charge in [-0.05, 0) is 0 Å². The molecule has 0 unspecified atom stereocenters. The highest BCUT2D eigenvalue weighted by Crippen LogP contribution is 1.97. The molecule has 3 N–H and O–H groups in total. The first-order chi connectivity index (χ1) is 4.09. The molecule has 0 aromatic heterocycles. The molecule has 0 aromatic carbocycles. The molecule has 1 amide bonds. The van der Waals surface area contributed by atoms with Crippen molar-refractivity contribution in [3.8, 4) is 0 Å². The van der Waals surface area contributed by atoms with Crippen LogP contribution in [0.25, 0.3) is 0 Å². The fraction of sp³-hybridized carbons (Fsp3) is 0. The van der Waals surface area contributed by atoms with Gasteiger partial charge >= 0.3 is 5.97 Å². The third-order valence-electron chi connectivity index (χ3n) is 0.700. The molecule has 0 saturated heterocycles. The number of carbonyl (C=O) groups excluding carboxylic acids is 1. The third-order valence-corrected chi connectivity index (χ3v) is 0.700. The molecule has 49 valence electrons. The van der Waals surface area contributed by atoms with Crippen LogP contribution in [0.3, 0.4) is 0 Å². The maximum absolute atomic E-state index is 10.1. The summed E-state index contributed by atoms with van der Waals surface area (Å²) in [5, 5.41) is 8.13. The van der Waals surface area contributed by atoms with E-state index in [0.717, 1.165) is 6.08 Å². The minimum absolute atomic E-state index is 0.491. The van der Waals surface area contributed by atoms with E-state index in [1.165, 1.54) is 0 Å². The van der Waals surface area contributed by atoms with Gasteiger partial charge in [-0.25, -0.2) is 0 Å². The molecule has 1 radical (unpaired) electrons. The molecule has 0 fully saturated rings. The quantitative estimate of drug-likeness (QED) is 0.494. The molecular formula is C5H6NO3. The van der Waals surface area contributed by atoms with Crippen molar-refractivity contribution in [1.82, 2.24) is 0 Å². The van der Waals surface area contributed by atoms with Crippen LogP contribution >= 0.6 is 0 Å². The Morgan fingerprint density at radius 2 is 2.00 bits per heavy atom. The zero-order valence-corrected chi connectivity index (χ0v) is 4.63. The van der Waals surface area contributed by atoms with E-state index < -0.39 is 17.8 Å². The van der Waals surface area contributed by atoms with Gasteiger partial charge in [-0.1, -0.05) is 6.08 Å². The number of rotatable bonds is 3. The average molecular weight is 128 g/mol. The summed E-state index contributed by atoms with van der Waals surface area (Å²) in [5.41, 5.74) is 4.62. The maximum atomic E-state index is 10.1. The van der Waals surface area contributed by atoms with Crippen molar-refractivity contribution in [2.75, 3.05) is 0 Å². The van der Waals surface area contributed by atoms with Crippen molar-refractivity contribution in [3.05, 3.63) is 18.6 Å². The van der Waals surface area contributed by atoms with Crippen molar-refractivity contribution < 1.29 is 14.7 Å². The maximum Gasteiger partial charge on any atom is 0.325 e. The summed E-state index contributed by atoms with van der Waals surface area (Å²) in [7, 11) is 0. The van der Waals surface area contributed by atoms with Gasteiger partial charge in [-0.3, -0.25) is 9.59 Å². The predicted octanol–water partition coefficient (Wildman–Crippen LogP) is -0.683. The van der Waals surface area contributed by atoms with Crippen molar-refractivity contribution >= 4 is 11.9 Å². The molecule has 0 bridgehead atoms. The van der Waals surface area contributed by atoms with E-state index in [1.54, 1.807) is 0 Å². The lowest BCUT2D eigenvalue weighted by Crippen LogP contribution is -2.26. The number of aliphatic carboxylic acids is 1. The topological polar surface area (TPSA) is 80.4 Å². The van der Waals surface area contributed by atoms with Crippen molar-refractivity contribution in [2.45, 2.75) is 0 Å². The van der Waals surface area contributed by atoms with Crippen LogP contribution in [0.4, 0.5) is 0 Å². The number of hydrogen-bond acceptors (Lipinski definition) is 2. The van der Waals surface area contributed by atoms with Gasteiger partial charge in [-0.15, -0.1) is 6.58 Å². The highest BCUT2D eigenvalue weighted by molar-refractivity contribution is 6.13. The van der Waals surface area contributed by atoms with E-state index in [-0.39, 0.29) is 0 Å². The summed E-state index contributed by atoms with van der Waals surface area (Å²) in [4.78, 5) is 20.1. The van der Waals surface area contributed by atoms with Crippen LogP contribution in [0, 0.1) is 5.92 Å². The van der Waals surface area contributed by atoms with E-state index in [9.17, 15) is 9.59 Å². The summed E-state index contributed by atoms with van der Waals surface area (Å²) < 4.78 is 0. The minimum atomic E-state index is -1.35. The molecule has 0 aromatic rings. The molecule has 0 atom stereocenters. The molecular weight excluding hydrogens is 122 g/mol. The van der Waals surface area contributed by atoms with Gasteiger partial charge in [0.25, 0.3) is 0 Å². The monoisotopic (exact) mass is 128 g/mol. The molecule has 0 aliphatic rings. The van der Waals surface area contributed by atoms with Gasteiger partial charge < -0.3 is 10.8 Å². The third kappa shape index (κ3) is 1.94. The number of carboxylic acids is 1. The highest BCUT2D eigenvalue weighted by Gasteiger charge is 2.20. The van der Waals surface area contributed by atoms with Gasteiger partial charge in [0.1, 0.15) is 0 Å². The largest absolute Gasteiger partial charge is 0.480 e. The Morgan fingerprint density at radius 1 is 1.56 bits per heavy atom. The Hall–Kier alpha value is -1.32. The highest BCUT2D eigenvalue weighted by atomic mass is 16.4. The van der Waals surface area contributed by atoms with E-state index in [1.807, 2.05) is 0 Å². The van der Waals surface area contributed by atoms with Gasteiger partial charge in [0.05, 0.1) is 0 Å². The summed E-state index contributed by atoms with van der Waals surface area (Å²) in [6.45, 7) is 3.08. The van der Waals surface area contributed by atoms with Crippen LogP contribution in [0.1, 0.15) is 0 Å². The summed E-state index contributed by atoms with van der Waals surface area (Å²) >= 11 is 0. The second-order valence-electron chi connectivity index (χ2n) is 1.29. The SMILES string of the molecule is C=C[C](C(N)=O)C(=O)O. The first-order valence-electron chi connectivity index (χ1n) is 2.12. The fourth-order valence-corrected chi connectivity index (χ4v) is 0.293. The van der Waals surface area contributed by atoms with E-state index in [2.05, 4.69) is 12.3 Å². The first kappa shape index (κ1) is 7.68. The lowest BCUT2D eigenvalue weighted by Gasteiger charge is -1.96. The standard InChI is InChI=1S/C5H6NO3/c1-2-3(4(6)7)5(8)9/h2H,1H2,(H2,6,7)(H,8,9). The number of carboxylic acid groups (broad SMARTS) is 1. The van der Waals surface area contributed by atoms with Crippen LogP contribution in [0.5, 0.6) is 0 Å². The Morgan fingerprint density at radius 3 is 2.00 bits per heavy atom. The number of primary amides is 1. The Bertz CT molecular complexity index is 138. The Balaban J connectivity index is 4.16. The number of carbonyl (C=O) groups is 2. The molecule has 0 saturated carbocycles.